The first kappa shape index (κ1) is 17.1. The second-order valence-electron chi connectivity index (χ2n) is 5.18. The third-order valence-corrected chi connectivity index (χ3v) is 4.42. The number of sulfonamides is 1. The Labute approximate surface area is 134 Å². The van der Waals surface area contributed by atoms with Gasteiger partial charge >= 0.3 is 0 Å². The van der Waals surface area contributed by atoms with E-state index in [4.69, 9.17) is 5.14 Å². The fraction of sp³-hybridized carbons (Fsp3) is 0.286. The number of nitrogens with zero attached hydrogens (tertiary/aromatic N) is 2. The minimum absolute atomic E-state index is 0.0160. The Hall–Kier alpha value is -2.23. The summed E-state index contributed by atoms with van der Waals surface area (Å²) in [6.45, 7) is 1.64. The zero-order valence-electron chi connectivity index (χ0n) is 13.1. The molecule has 124 valence electrons. The Kier molecular flexibility index (Phi) is 4.83. The van der Waals surface area contributed by atoms with Crippen LogP contribution in [0.25, 0.3) is 0 Å². The first-order valence-electron chi connectivity index (χ1n) is 6.82. The van der Waals surface area contributed by atoms with Crippen molar-refractivity contribution in [1.29, 1.82) is 0 Å². The van der Waals surface area contributed by atoms with Crippen LogP contribution in [0.4, 0.5) is 5.69 Å². The van der Waals surface area contributed by atoms with Crippen LogP contribution in [0.15, 0.2) is 35.5 Å². The molecule has 2 aromatic rings. The molecular weight excluding hydrogens is 318 g/mol. The molecular formula is C14H19N5O3S. The highest BCUT2D eigenvalue weighted by Crippen LogP contribution is 2.20. The van der Waals surface area contributed by atoms with Gasteiger partial charge < -0.3 is 10.6 Å². The van der Waals surface area contributed by atoms with Crippen molar-refractivity contribution in [2.45, 2.75) is 17.9 Å². The summed E-state index contributed by atoms with van der Waals surface area (Å²) < 4.78 is 24.7. The molecule has 23 heavy (non-hydrogen) atoms. The predicted octanol–water partition coefficient (Wildman–Crippen LogP) is 0.275. The molecule has 0 radical (unpaired) electrons. The molecule has 1 unspecified atom stereocenters. The van der Waals surface area contributed by atoms with E-state index in [-0.39, 0.29) is 10.8 Å². The average Bonchev–Trinajstić information content (AvgIpc) is 2.87. The number of anilines is 1. The Morgan fingerprint density at radius 3 is 2.61 bits per heavy atom. The molecule has 1 aromatic heterocycles. The number of hydrogen-bond acceptors (Lipinski definition) is 5. The number of rotatable bonds is 5. The lowest BCUT2D eigenvalue weighted by molar-refractivity contribution is -0.118. The number of carbonyl (C=O) groups excluding carboxylic acids is 1. The van der Waals surface area contributed by atoms with Gasteiger partial charge in [0.05, 0.1) is 11.1 Å². The summed E-state index contributed by atoms with van der Waals surface area (Å²) in [6.07, 6.45) is 3.32. The van der Waals surface area contributed by atoms with Crippen molar-refractivity contribution >= 4 is 21.6 Å². The van der Waals surface area contributed by atoms with E-state index < -0.39 is 16.1 Å². The van der Waals surface area contributed by atoms with Gasteiger partial charge in [-0.2, -0.15) is 5.10 Å². The molecule has 0 saturated heterocycles. The monoisotopic (exact) mass is 337 g/mol. The number of nitrogens with two attached hydrogens (primary N) is 1. The third kappa shape index (κ3) is 3.95. The van der Waals surface area contributed by atoms with Crippen molar-refractivity contribution < 1.29 is 13.2 Å². The highest BCUT2D eigenvalue weighted by molar-refractivity contribution is 7.89. The van der Waals surface area contributed by atoms with Gasteiger partial charge in [-0.25, -0.2) is 13.6 Å². The van der Waals surface area contributed by atoms with E-state index in [0.717, 1.165) is 0 Å². The molecule has 8 nitrogen and oxygen atoms in total. The van der Waals surface area contributed by atoms with E-state index in [1.54, 1.807) is 50.2 Å². The molecule has 0 spiro atoms. The lowest BCUT2D eigenvalue weighted by Gasteiger charge is -2.15. The second-order valence-corrected chi connectivity index (χ2v) is 6.71. The Morgan fingerprint density at radius 1 is 1.39 bits per heavy atom. The summed E-state index contributed by atoms with van der Waals surface area (Å²) in [5, 5.41) is 14.8. The summed E-state index contributed by atoms with van der Waals surface area (Å²) >= 11 is 0. The molecule has 0 bridgehead atoms. The molecule has 2 rings (SSSR count). The van der Waals surface area contributed by atoms with Crippen molar-refractivity contribution in [2.75, 3.05) is 12.4 Å². The summed E-state index contributed by atoms with van der Waals surface area (Å²) in [7, 11) is -0.435. The smallest absolute Gasteiger partial charge is 0.246 e. The maximum atomic E-state index is 12.4. The normalized spacial score (nSPS) is 12.9. The van der Waals surface area contributed by atoms with Gasteiger partial charge in [-0.15, -0.1) is 0 Å². The van der Waals surface area contributed by atoms with Crippen LogP contribution in [0.1, 0.15) is 17.2 Å². The molecule has 0 aliphatic carbocycles. The molecule has 1 heterocycles. The van der Waals surface area contributed by atoms with E-state index in [9.17, 15) is 13.2 Å². The van der Waals surface area contributed by atoms with Crippen LogP contribution >= 0.6 is 0 Å². The molecule has 1 amide bonds. The Bertz CT molecular complexity index is 829. The van der Waals surface area contributed by atoms with Gasteiger partial charge in [0.25, 0.3) is 0 Å². The molecule has 0 aliphatic rings. The number of amides is 1. The highest BCUT2D eigenvalue weighted by Gasteiger charge is 2.21. The van der Waals surface area contributed by atoms with Crippen LogP contribution in [0.5, 0.6) is 0 Å². The lowest BCUT2D eigenvalue weighted by Crippen LogP contribution is -2.30. The third-order valence-electron chi connectivity index (χ3n) is 3.37. The standard InChI is InChI=1S/C14H19N5O3S/c1-9-4-5-11(6-12(9)23(15,21)22)18-14(20)13(16-2)10-7-17-19(3)8-10/h4-8,13,16H,1-3H3,(H,18,20)(H2,15,21,22). The number of primary sulfonamides is 1. The van der Waals surface area contributed by atoms with Crippen LogP contribution in [0.3, 0.4) is 0 Å². The molecule has 9 heteroatoms. The Morgan fingerprint density at radius 2 is 2.09 bits per heavy atom. The van der Waals surface area contributed by atoms with Crippen LogP contribution < -0.4 is 15.8 Å². The van der Waals surface area contributed by atoms with Crippen molar-refractivity contribution in [2.24, 2.45) is 12.2 Å². The molecule has 1 atom stereocenters. The summed E-state index contributed by atoms with van der Waals surface area (Å²) in [5.41, 5.74) is 1.57. The van der Waals surface area contributed by atoms with E-state index in [0.29, 0.717) is 16.8 Å². The zero-order chi connectivity index (χ0) is 17.2. The zero-order valence-corrected chi connectivity index (χ0v) is 13.9. The predicted molar refractivity (Wildman–Crippen MR) is 86.2 cm³/mol. The molecule has 0 saturated carbocycles. The number of aromatic nitrogens is 2. The lowest BCUT2D eigenvalue weighted by atomic mass is 10.1. The molecule has 4 N–H and O–H groups in total. The van der Waals surface area contributed by atoms with Gasteiger partial charge in [0.2, 0.25) is 15.9 Å². The quantitative estimate of drug-likeness (QED) is 0.724. The van der Waals surface area contributed by atoms with E-state index >= 15 is 0 Å². The topological polar surface area (TPSA) is 119 Å². The average molecular weight is 337 g/mol. The van der Waals surface area contributed by atoms with E-state index in [2.05, 4.69) is 15.7 Å². The summed E-state index contributed by atoms with van der Waals surface area (Å²) in [6, 6.07) is 3.95. The maximum absolute atomic E-state index is 12.4. The molecule has 0 aliphatic heterocycles. The number of hydrogen-bond donors (Lipinski definition) is 3. The number of carbonyl (C=O) groups is 1. The van der Waals surface area contributed by atoms with Crippen molar-refractivity contribution in [3.05, 3.63) is 41.7 Å². The fourth-order valence-corrected chi connectivity index (χ4v) is 3.05. The van der Waals surface area contributed by atoms with Gasteiger partial charge in [0.15, 0.2) is 0 Å². The van der Waals surface area contributed by atoms with Gasteiger partial charge in [0, 0.05) is 24.5 Å². The highest BCUT2D eigenvalue weighted by atomic mass is 32.2. The van der Waals surface area contributed by atoms with Gasteiger partial charge in [-0.1, -0.05) is 6.07 Å². The number of likely N-dealkylation sites (N-methyl/N-ethyl adjacent to an activating group) is 1. The van der Waals surface area contributed by atoms with E-state index in [1.165, 1.54) is 6.07 Å². The minimum atomic E-state index is -3.85. The van der Waals surface area contributed by atoms with Crippen molar-refractivity contribution in [3.63, 3.8) is 0 Å². The van der Waals surface area contributed by atoms with E-state index in [1.807, 2.05) is 0 Å². The second kappa shape index (κ2) is 6.49. The number of nitrogens with one attached hydrogen (secondary N) is 2. The molecule has 0 fully saturated rings. The van der Waals surface area contributed by atoms with Gasteiger partial charge in [-0.05, 0) is 31.7 Å². The van der Waals surface area contributed by atoms with Crippen molar-refractivity contribution in [3.8, 4) is 0 Å². The number of benzene rings is 1. The number of aryl methyl sites for hydroxylation is 2. The molecule has 1 aromatic carbocycles. The van der Waals surface area contributed by atoms with Crippen LogP contribution in [0, 0.1) is 6.92 Å². The Balaban J connectivity index is 2.26. The minimum Gasteiger partial charge on any atom is -0.324 e. The first-order valence-corrected chi connectivity index (χ1v) is 8.37. The van der Waals surface area contributed by atoms with Crippen LogP contribution in [-0.4, -0.2) is 31.2 Å². The fourth-order valence-electron chi connectivity index (χ4n) is 2.24. The summed E-state index contributed by atoms with van der Waals surface area (Å²) in [4.78, 5) is 12.4. The summed E-state index contributed by atoms with van der Waals surface area (Å²) in [5.74, 6) is -0.329. The van der Waals surface area contributed by atoms with Gasteiger partial charge in [-0.3, -0.25) is 9.48 Å². The maximum Gasteiger partial charge on any atom is 0.246 e. The first-order chi connectivity index (χ1) is 10.7. The van der Waals surface area contributed by atoms with Crippen molar-refractivity contribution in [1.82, 2.24) is 15.1 Å². The SMILES string of the molecule is CNC(C(=O)Nc1ccc(C)c(S(N)(=O)=O)c1)c1cnn(C)c1. The van der Waals surface area contributed by atoms with Gasteiger partial charge in [0.1, 0.15) is 6.04 Å². The largest absolute Gasteiger partial charge is 0.324 e. The van der Waals surface area contributed by atoms with Crippen LogP contribution in [-0.2, 0) is 21.9 Å². The van der Waals surface area contributed by atoms with Crippen LogP contribution in [0.2, 0.25) is 0 Å².